The molecule has 0 saturated carbocycles. The summed E-state index contributed by atoms with van der Waals surface area (Å²) in [5, 5.41) is -0.571. The van der Waals surface area contributed by atoms with Crippen LogP contribution in [0.1, 0.15) is 12.5 Å². The van der Waals surface area contributed by atoms with Gasteiger partial charge in [-0.3, -0.25) is 4.79 Å². The summed E-state index contributed by atoms with van der Waals surface area (Å²) in [6.45, 7) is 1.73. The maximum absolute atomic E-state index is 12.9. The van der Waals surface area contributed by atoms with Crippen molar-refractivity contribution in [2.45, 2.75) is 24.0 Å². The summed E-state index contributed by atoms with van der Waals surface area (Å²) < 4.78 is 65.0. The van der Waals surface area contributed by atoms with Crippen LogP contribution >= 0.6 is 11.6 Å². The molecule has 2 rings (SSSR count). The van der Waals surface area contributed by atoms with E-state index in [1.807, 2.05) is 0 Å². The number of hydrogen-bond donors (Lipinski definition) is 1. The van der Waals surface area contributed by atoms with Crippen molar-refractivity contribution in [3.63, 3.8) is 0 Å². The minimum absolute atomic E-state index is 0.0230. The van der Waals surface area contributed by atoms with Crippen LogP contribution in [0.3, 0.4) is 0 Å². The van der Waals surface area contributed by atoms with E-state index in [4.69, 9.17) is 17.3 Å². The second kappa shape index (κ2) is 7.10. The Morgan fingerprint density at radius 2 is 1.80 bits per heavy atom. The third-order valence-corrected chi connectivity index (χ3v) is 6.05. The molecular weight excluding hydrogens is 383 g/mol. The first kappa shape index (κ1) is 20.0. The highest BCUT2D eigenvalue weighted by molar-refractivity contribution is 7.89. The van der Waals surface area contributed by atoms with E-state index in [1.165, 1.54) is 11.8 Å². The van der Waals surface area contributed by atoms with Crippen molar-refractivity contribution in [2.24, 2.45) is 5.73 Å². The number of carbonyl (C=O) groups excluding carboxylic acids is 1. The molecule has 0 bridgehead atoms. The van der Waals surface area contributed by atoms with E-state index < -0.39 is 37.7 Å². The molecule has 1 aromatic carbocycles. The molecule has 0 aliphatic carbocycles. The van der Waals surface area contributed by atoms with E-state index >= 15 is 0 Å². The van der Waals surface area contributed by atoms with Crippen LogP contribution in [0.15, 0.2) is 23.1 Å². The predicted molar refractivity (Wildman–Crippen MR) is 85.4 cm³/mol. The Balaban J connectivity index is 2.22. The van der Waals surface area contributed by atoms with Gasteiger partial charge in [-0.25, -0.2) is 8.42 Å². The molecule has 25 heavy (non-hydrogen) atoms. The van der Waals surface area contributed by atoms with Crippen LogP contribution in [0.5, 0.6) is 0 Å². The number of alkyl halides is 3. The fourth-order valence-electron chi connectivity index (χ4n) is 2.47. The largest absolute Gasteiger partial charge is 0.417 e. The topological polar surface area (TPSA) is 83.7 Å². The van der Waals surface area contributed by atoms with E-state index in [9.17, 15) is 26.4 Å². The van der Waals surface area contributed by atoms with Gasteiger partial charge in [0, 0.05) is 26.2 Å². The van der Waals surface area contributed by atoms with Crippen LogP contribution in [0.4, 0.5) is 13.2 Å². The number of amides is 1. The van der Waals surface area contributed by atoms with E-state index in [0.717, 1.165) is 16.4 Å². The molecule has 6 nitrogen and oxygen atoms in total. The van der Waals surface area contributed by atoms with Gasteiger partial charge in [0.05, 0.1) is 21.5 Å². The zero-order chi connectivity index (χ0) is 19.0. The SMILES string of the molecule is C[C@@H](N)C(=O)N1CCN(S(=O)(=O)c2ccc(Cl)c(C(F)(F)F)c2)CC1. The second-order valence-electron chi connectivity index (χ2n) is 5.66. The summed E-state index contributed by atoms with van der Waals surface area (Å²) in [5.41, 5.74) is 4.30. The molecule has 1 amide bonds. The average molecular weight is 400 g/mol. The van der Waals surface area contributed by atoms with E-state index in [0.29, 0.717) is 6.07 Å². The molecule has 1 aliphatic rings. The lowest BCUT2D eigenvalue weighted by Crippen LogP contribution is -2.53. The van der Waals surface area contributed by atoms with Gasteiger partial charge in [0.1, 0.15) is 0 Å². The summed E-state index contributed by atoms with van der Waals surface area (Å²) in [7, 11) is -4.13. The van der Waals surface area contributed by atoms with Gasteiger partial charge in [-0.05, 0) is 25.1 Å². The standard InChI is InChI=1S/C14H17ClF3N3O3S/c1-9(19)13(22)20-4-6-21(7-5-20)25(23,24)10-2-3-12(15)11(8-10)14(16,17)18/h2-3,8-9H,4-7,19H2,1H3/t9-/m1/s1. The number of nitrogens with zero attached hydrogens (tertiary/aromatic N) is 2. The molecule has 140 valence electrons. The highest BCUT2D eigenvalue weighted by Gasteiger charge is 2.36. The van der Waals surface area contributed by atoms with Crippen LogP contribution in [-0.4, -0.2) is 55.8 Å². The lowest BCUT2D eigenvalue weighted by Gasteiger charge is -2.34. The lowest BCUT2D eigenvalue weighted by molar-refractivity contribution is -0.137. The smallest absolute Gasteiger partial charge is 0.339 e. The van der Waals surface area contributed by atoms with Gasteiger partial charge < -0.3 is 10.6 Å². The van der Waals surface area contributed by atoms with Gasteiger partial charge in [-0.15, -0.1) is 0 Å². The number of hydrogen-bond acceptors (Lipinski definition) is 4. The zero-order valence-corrected chi connectivity index (χ0v) is 14.8. The molecule has 1 fully saturated rings. The molecule has 1 atom stereocenters. The summed E-state index contributed by atoms with van der Waals surface area (Å²) >= 11 is 5.52. The minimum Gasteiger partial charge on any atom is -0.339 e. The Hall–Kier alpha value is -1.36. The van der Waals surface area contributed by atoms with Crippen molar-refractivity contribution in [2.75, 3.05) is 26.2 Å². The Morgan fingerprint density at radius 3 is 2.28 bits per heavy atom. The molecule has 1 aromatic rings. The minimum atomic E-state index is -4.76. The second-order valence-corrected chi connectivity index (χ2v) is 8.00. The molecule has 1 saturated heterocycles. The summed E-state index contributed by atoms with van der Waals surface area (Å²) in [4.78, 5) is 12.8. The van der Waals surface area contributed by atoms with Crippen molar-refractivity contribution in [3.8, 4) is 0 Å². The van der Waals surface area contributed by atoms with Crippen LogP contribution in [0, 0.1) is 0 Å². The third-order valence-electron chi connectivity index (χ3n) is 3.82. The van der Waals surface area contributed by atoms with Crippen LogP contribution in [-0.2, 0) is 21.0 Å². The first-order valence-corrected chi connectivity index (χ1v) is 9.17. The molecular formula is C14H17ClF3N3O3S. The molecule has 11 heteroatoms. The third kappa shape index (κ3) is 4.25. The molecule has 0 aromatic heterocycles. The van der Waals surface area contributed by atoms with Crippen molar-refractivity contribution in [1.82, 2.24) is 9.21 Å². The fourth-order valence-corrected chi connectivity index (χ4v) is 4.14. The molecule has 0 radical (unpaired) electrons. The number of carbonyl (C=O) groups is 1. The highest BCUT2D eigenvalue weighted by Crippen LogP contribution is 2.36. The first-order chi connectivity index (χ1) is 11.4. The number of nitrogens with two attached hydrogens (primary N) is 1. The normalized spacial score (nSPS) is 18.2. The zero-order valence-electron chi connectivity index (χ0n) is 13.3. The van der Waals surface area contributed by atoms with Crippen molar-refractivity contribution in [3.05, 3.63) is 28.8 Å². The number of piperazine rings is 1. The monoisotopic (exact) mass is 399 g/mol. The molecule has 2 N–H and O–H groups in total. The quantitative estimate of drug-likeness (QED) is 0.835. The van der Waals surface area contributed by atoms with Crippen LogP contribution in [0.2, 0.25) is 5.02 Å². The molecule has 1 aliphatic heterocycles. The lowest BCUT2D eigenvalue weighted by atomic mass is 10.2. The molecule has 0 spiro atoms. The van der Waals surface area contributed by atoms with Gasteiger partial charge in [-0.2, -0.15) is 17.5 Å². The number of sulfonamides is 1. The maximum atomic E-state index is 12.9. The summed E-state index contributed by atoms with van der Waals surface area (Å²) in [5.74, 6) is -0.303. The van der Waals surface area contributed by atoms with Crippen molar-refractivity contribution < 1.29 is 26.4 Å². The van der Waals surface area contributed by atoms with Gasteiger partial charge in [0.25, 0.3) is 0 Å². The van der Waals surface area contributed by atoms with Crippen molar-refractivity contribution >= 4 is 27.5 Å². The average Bonchev–Trinajstić information content (AvgIpc) is 2.53. The van der Waals surface area contributed by atoms with Gasteiger partial charge in [-0.1, -0.05) is 11.6 Å². The van der Waals surface area contributed by atoms with Gasteiger partial charge >= 0.3 is 6.18 Å². The van der Waals surface area contributed by atoms with Crippen LogP contribution in [0.25, 0.3) is 0 Å². The molecule has 0 unspecified atom stereocenters. The van der Waals surface area contributed by atoms with E-state index in [1.54, 1.807) is 0 Å². The number of rotatable bonds is 3. The predicted octanol–water partition coefficient (Wildman–Crippen LogP) is 1.54. The van der Waals surface area contributed by atoms with Crippen LogP contribution < -0.4 is 5.73 Å². The Labute approximate surface area is 148 Å². The van der Waals surface area contributed by atoms with Gasteiger partial charge in [0.15, 0.2) is 0 Å². The number of halogens is 4. The van der Waals surface area contributed by atoms with E-state index in [-0.39, 0.29) is 32.1 Å². The summed E-state index contributed by atoms with van der Waals surface area (Å²) in [6.07, 6.45) is -4.76. The highest BCUT2D eigenvalue weighted by atomic mass is 35.5. The fraction of sp³-hybridized carbons (Fsp3) is 0.500. The Bertz CT molecular complexity index is 760. The Morgan fingerprint density at radius 1 is 1.24 bits per heavy atom. The van der Waals surface area contributed by atoms with E-state index in [2.05, 4.69) is 0 Å². The van der Waals surface area contributed by atoms with Crippen molar-refractivity contribution in [1.29, 1.82) is 0 Å². The van der Waals surface area contributed by atoms with Gasteiger partial charge in [0.2, 0.25) is 15.9 Å². The Kier molecular flexibility index (Phi) is 5.67. The number of benzene rings is 1. The first-order valence-electron chi connectivity index (χ1n) is 7.36. The summed E-state index contributed by atoms with van der Waals surface area (Å²) in [6, 6.07) is 1.77. The maximum Gasteiger partial charge on any atom is 0.417 e. The molecule has 1 heterocycles.